The van der Waals surface area contributed by atoms with Gasteiger partial charge in [-0.2, -0.15) is 5.26 Å². The van der Waals surface area contributed by atoms with E-state index in [0.29, 0.717) is 67.0 Å². The maximum absolute atomic E-state index is 12.8. The normalized spacial score (nSPS) is 17.5. The summed E-state index contributed by atoms with van der Waals surface area (Å²) in [5, 5.41) is 26.8. The number of rotatable bonds is 5. The van der Waals surface area contributed by atoms with E-state index in [4.69, 9.17) is 34.0 Å². The molecule has 1 atom stereocenters. The van der Waals surface area contributed by atoms with Gasteiger partial charge >= 0.3 is 0 Å². The highest BCUT2D eigenvalue weighted by atomic mass is 16.6. The number of nitrogens with one attached hydrogen (secondary N) is 1. The van der Waals surface area contributed by atoms with Crippen molar-refractivity contribution in [1.82, 2.24) is 24.8 Å². The molecular weight excluding hydrogens is 536 g/mol. The van der Waals surface area contributed by atoms with Gasteiger partial charge in [0.05, 0.1) is 23.4 Å². The monoisotopic (exact) mass is 566 g/mol. The first-order chi connectivity index (χ1) is 20.0. The Morgan fingerprint density at radius 3 is 2.46 bits per heavy atom. The summed E-state index contributed by atoms with van der Waals surface area (Å²) in [4.78, 5) is 40.7. The van der Waals surface area contributed by atoms with Gasteiger partial charge in [-0.3, -0.25) is 28.9 Å². The second-order valence-electron chi connectivity index (χ2n) is 9.34. The molecule has 41 heavy (non-hydrogen) atoms. The molecule has 0 saturated carbocycles. The van der Waals surface area contributed by atoms with E-state index in [-0.39, 0.29) is 24.5 Å². The number of carboxylic acid groups (broad SMARTS) is 2. The zero-order chi connectivity index (χ0) is 29.2. The quantitative estimate of drug-likeness (QED) is 0.372. The molecule has 0 amide bonds. The van der Waals surface area contributed by atoms with Crippen LogP contribution in [0, 0.1) is 11.3 Å². The second kappa shape index (κ2) is 14.1. The fraction of sp³-hybridized carbons (Fsp3) is 0.407. The molecule has 0 bridgehead atoms. The summed E-state index contributed by atoms with van der Waals surface area (Å²) in [6.45, 7) is 4.24. The molecule has 216 valence electrons. The smallest absolute Gasteiger partial charge is 0.290 e. The molecule has 0 aliphatic carbocycles. The summed E-state index contributed by atoms with van der Waals surface area (Å²) in [7, 11) is 0. The molecule has 0 spiro atoms. The van der Waals surface area contributed by atoms with Crippen LogP contribution in [0.15, 0.2) is 35.4 Å². The van der Waals surface area contributed by atoms with Crippen LogP contribution in [0.1, 0.15) is 30.1 Å². The average molecular weight is 567 g/mol. The molecule has 0 radical (unpaired) electrons. The number of carbonyl (C=O) groups is 2. The van der Waals surface area contributed by atoms with Gasteiger partial charge < -0.3 is 34.6 Å². The summed E-state index contributed by atoms with van der Waals surface area (Å²) < 4.78 is 18.9. The van der Waals surface area contributed by atoms with E-state index in [9.17, 15) is 10.1 Å². The highest BCUT2D eigenvalue weighted by Crippen LogP contribution is 2.33. The van der Waals surface area contributed by atoms with E-state index in [1.807, 2.05) is 6.07 Å². The molecule has 1 saturated heterocycles. The largest absolute Gasteiger partial charge is 0.488 e. The Bertz CT molecular complexity index is 1460. The van der Waals surface area contributed by atoms with Crippen LogP contribution in [-0.4, -0.2) is 88.1 Å². The second-order valence-corrected chi connectivity index (χ2v) is 9.34. The zero-order valence-corrected chi connectivity index (χ0v) is 22.1. The molecular formula is C27H30N6O8. The van der Waals surface area contributed by atoms with Gasteiger partial charge in [0.1, 0.15) is 37.0 Å². The van der Waals surface area contributed by atoms with Crippen molar-refractivity contribution < 1.29 is 34.0 Å². The van der Waals surface area contributed by atoms with Crippen molar-refractivity contribution in [2.45, 2.75) is 31.5 Å². The van der Waals surface area contributed by atoms with Gasteiger partial charge in [-0.05, 0) is 32.0 Å². The van der Waals surface area contributed by atoms with Crippen LogP contribution < -0.4 is 25.1 Å². The summed E-state index contributed by atoms with van der Waals surface area (Å²) in [6.07, 6.45) is 5.25. The molecule has 0 aromatic carbocycles. The van der Waals surface area contributed by atoms with Crippen molar-refractivity contribution in [3.05, 3.63) is 52.2 Å². The SMILES string of the molecule is N#Cc1cnc2ccc(=O)n3c2c1OC[C@H]3CN1CCC(NCc2cc3c(cn2)OCCO3)CC1.O=CO.O=CO. The zero-order valence-electron chi connectivity index (χ0n) is 22.1. The van der Waals surface area contributed by atoms with Crippen molar-refractivity contribution in [3.8, 4) is 23.3 Å². The Morgan fingerprint density at radius 2 is 1.76 bits per heavy atom. The molecule has 14 nitrogen and oxygen atoms in total. The van der Waals surface area contributed by atoms with Crippen molar-refractivity contribution in [2.75, 3.05) is 39.5 Å². The third kappa shape index (κ3) is 6.89. The van der Waals surface area contributed by atoms with E-state index in [1.165, 1.54) is 6.20 Å². The van der Waals surface area contributed by atoms with Gasteiger partial charge in [0.2, 0.25) is 0 Å². The molecule has 3 aromatic rings. The summed E-state index contributed by atoms with van der Waals surface area (Å²) in [5.41, 5.74) is 2.49. The van der Waals surface area contributed by atoms with E-state index in [2.05, 4.69) is 26.3 Å². The van der Waals surface area contributed by atoms with Gasteiger partial charge in [-0.25, -0.2) is 0 Å². The number of piperidine rings is 1. The van der Waals surface area contributed by atoms with E-state index < -0.39 is 0 Å². The maximum Gasteiger partial charge on any atom is 0.290 e. The predicted octanol–water partition coefficient (Wildman–Crippen LogP) is 1.02. The number of pyridine rings is 3. The molecule has 3 aliphatic heterocycles. The van der Waals surface area contributed by atoms with Crippen LogP contribution >= 0.6 is 0 Å². The Morgan fingerprint density at radius 1 is 1.05 bits per heavy atom. The van der Waals surface area contributed by atoms with Crippen LogP contribution in [0.25, 0.3) is 11.0 Å². The van der Waals surface area contributed by atoms with Crippen molar-refractivity contribution in [3.63, 3.8) is 0 Å². The number of aromatic nitrogens is 3. The van der Waals surface area contributed by atoms with Crippen LogP contribution in [0.3, 0.4) is 0 Å². The van der Waals surface area contributed by atoms with Crippen molar-refractivity contribution in [1.29, 1.82) is 5.26 Å². The van der Waals surface area contributed by atoms with Gasteiger partial charge in [-0.15, -0.1) is 0 Å². The lowest BCUT2D eigenvalue weighted by molar-refractivity contribution is -0.123. The van der Waals surface area contributed by atoms with Gasteiger partial charge in [0.25, 0.3) is 18.5 Å². The summed E-state index contributed by atoms with van der Waals surface area (Å²) in [6, 6.07) is 7.58. The minimum absolute atomic E-state index is 0.0904. The van der Waals surface area contributed by atoms with Crippen LogP contribution in [0.2, 0.25) is 0 Å². The van der Waals surface area contributed by atoms with Crippen LogP contribution in [-0.2, 0) is 16.1 Å². The van der Waals surface area contributed by atoms with Crippen LogP contribution in [0.4, 0.5) is 0 Å². The number of nitriles is 1. The molecule has 3 aliphatic rings. The number of fused-ring (bicyclic) bond motifs is 1. The van der Waals surface area contributed by atoms with Gasteiger partial charge in [0, 0.05) is 37.5 Å². The molecule has 6 heterocycles. The molecule has 3 aromatic heterocycles. The lowest BCUT2D eigenvalue weighted by Crippen LogP contribution is -2.46. The summed E-state index contributed by atoms with van der Waals surface area (Å²) in [5.74, 6) is 1.93. The molecule has 3 N–H and O–H groups in total. The Labute approximate surface area is 234 Å². The molecule has 0 unspecified atom stereocenters. The van der Waals surface area contributed by atoms with Crippen LogP contribution in [0.5, 0.6) is 17.2 Å². The first kappa shape index (κ1) is 29.2. The fourth-order valence-electron chi connectivity index (χ4n) is 5.12. The number of likely N-dealkylation sites (tertiary alicyclic amines) is 1. The highest BCUT2D eigenvalue weighted by molar-refractivity contribution is 5.84. The molecule has 14 heteroatoms. The first-order valence-corrected chi connectivity index (χ1v) is 13.0. The standard InChI is InChI=1S/C25H26N6O4.2CH2O2/c26-10-16-11-29-20-1-2-23(32)31-19(15-35-25(16)24(20)31)14-30-5-3-17(4-6-30)27-12-18-9-21-22(13-28-18)34-8-7-33-21;2*2-1-3/h1-2,9,11,13,17,19,27H,3-8,12,14-15H2;2*1H,(H,2,3)/t19-;;/m1../s1. The lowest BCUT2D eigenvalue weighted by Gasteiger charge is -2.36. The van der Waals surface area contributed by atoms with E-state index >= 15 is 0 Å². The number of hydrogen-bond donors (Lipinski definition) is 3. The Hall–Kier alpha value is -4.74. The average Bonchev–Trinajstić information content (AvgIpc) is 3.00. The third-order valence-corrected chi connectivity index (χ3v) is 6.92. The first-order valence-electron chi connectivity index (χ1n) is 13.0. The Balaban J connectivity index is 0.000000596. The molecule has 6 rings (SSSR count). The number of nitrogens with zero attached hydrogens (tertiary/aromatic N) is 5. The minimum Gasteiger partial charge on any atom is -0.488 e. The Kier molecular flexibility index (Phi) is 10.0. The third-order valence-electron chi connectivity index (χ3n) is 6.92. The van der Waals surface area contributed by atoms with Gasteiger partial charge in [-0.1, -0.05) is 0 Å². The lowest BCUT2D eigenvalue weighted by atomic mass is 10.0. The highest BCUT2D eigenvalue weighted by Gasteiger charge is 2.29. The summed E-state index contributed by atoms with van der Waals surface area (Å²) >= 11 is 0. The van der Waals surface area contributed by atoms with Crippen molar-refractivity contribution >= 4 is 24.0 Å². The minimum atomic E-state index is -0.250. The van der Waals surface area contributed by atoms with E-state index in [0.717, 1.165) is 37.4 Å². The topological polar surface area (TPSA) is 189 Å². The predicted molar refractivity (Wildman–Crippen MR) is 144 cm³/mol. The van der Waals surface area contributed by atoms with Gasteiger partial charge in [0.15, 0.2) is 17.2 Å². The number of ether oxygens (including phenoxy) is 3. The number of hydrogen-bond acceptors (Lipinski definition) is 11. The van der Waals surface area contributed by atoms with E-state index in [1.54, 1.807) is 22.9 Å². The molecule has 1 fully saturated rings. The maximum atomic E-state index is 12.8. The van der Waals surface area contributed by atoms with Crippen molar-refractivity contribution in [2.24, 2.45) is 0 Å². The fourth-order valence-corrected chi connectivity index (χ4v) is 5.12.